The van der Waals surface area contributed by atoms with Crippen LogP contribution in [0.2, 0.25) is 0 Å². The molecule has 80 valence electrons. The molecule has 3 heteroatoms. The predicted octanol–water partition coefficient (Wildman–Crippen LogP) is 2.44. The molecule has 2 rings (SSSR count). The van der Waals surface area contributed by atoms with Gasteiger partial charge in [0.1, 0.15) is 5.82 Å². The smallest absolute Gasteiger partial charge is 0.123 e. The van der Waals surface area contributed by atoms with Crippen LogP contribution in [-0.4, -0.2) is 11.5 Å². The van der Waals surface area contributed by atoms with Gasteiger partial charge in [-0.05, 0) is 42.6 Å². The largest absolute Gasteiger partial charge is 0.361 e. The molecule has 0 bridgehead atoms. The summed E-state index contributed by atoms with van der Waals surface area (Å²) in [5.74, 6) is 0.232. The Labute approximate surface area is 88.3 Å². The molecule has 0 aliphatic rings. The highest BCUT2D eigenvalue weighted by molar-refractivity contribution is 5.83. The first kappa shape index (κ1) is 10.2. The molecule has 0 saturated heterocycles. The van der Waals surface area contributed by atoms with Gasteiger partial charge in [-0.15, -0.1) is 0 Å². The number of rotatable bonds is 3. The second-order valence-corrected chi connectivity index (χ2v) is 4.05. The Hall–Kier alpha value is -1.35. The van der Waals surface area contributed by atoms with E-state index in [-0.39, 0.29) is 5.82 Å². The van der Waals surface area contributed by atoms with Crippen molar-refractivity contribution in [3.63, 3.8) is 0 Å². The summed E-state index contributed by atoms with van der Waals surface area (Å²) in [6.07, 6.45) is 2.83. The normalized spacial score (nSPS) is 13.3. The van der Waals surface area contributed by atoms with E-state index < -0.39 is 0 Å². The first-order valence-electron chi connectivity index (χ1n) is 5.16. The average molecular weight is 206 g/mol. The van der Waals surface area contributed by atoms with E-state index in [2.05, 4.69) is 11.9 Å². The number of hydrogen-bond donors (Lipinski definition) is 2. The SMILES string of the molecule is C[C@H](CN)Cc1c[nH]c2ccc(F)cc12. The summed E-state index contributed by atoms with van der Waals surface area (Å²) in [7, 11) is 0. The van der Waals surface area contributed by atoms with Crippen LogP contribution in [0.5, 0.6) is 0 Å². The summed E-state index contributed by atoms with van der Waals surface area (Å²) < 4.78 is 13.1. The number of nitrogens with two attached hydrogens (primary N) is 1. The minimum atomic E-state index is -0.191. The molecule has 0 saturated carbocycles. The third kappa shape index (κ3) is 2.02. The molecule has 0 aliphatic heterocycles. The van der Waals surface area contributed by atoms with Crippen molar-refractivity contribution in [2.24, 2.45) is 11.7 Å². The highest BCUT2D eigenvalue weighted by Gasteiger charge is 2.07. The first-order valence-corrected chi connectivity index (χ1v) is 5.16. The molecule has 1 aromatic heterocycles. The van der Waals surface area contributed by atoms with E-state index in [1.165, 1.54) is 6.07 Å². The third-order valence-electron chi connectivity index (χ3n) is 2.70. The van der Waals surface area contributed by atoms with Gasteiger partial charge in [-0.1, -0.05) is 6.92 Å². The molecule has 0 unspecified atom stereocenters. The maximum absolute atomic E-state index is 13.1. The molecular formula is C12H15FN2. The second kappa shape index (κ2) is 4.03. The second-order valence-electron chi connectivity index (χ2n) is 4.05. The van der Waals surface area contributed by atoms with Crippen LogP contribution in [0.3, 0.4) is 0 Å². The van der Waals surface area contributed by atoms with Gasteiger partial charge < -0.3 is 10.7 Å². The zero-order chi connectivity index (χ0) is 10.8. The van der Waals surface area contributed by atoms with Crippen molar-refractivity contribution in [2.75, 3.05) is 6.54 Å². The number of H-pyrrole nitrogens is 1. The van der Waals surface area contributed by atoms with Gasteiger partial charge in [0.05, 0.1) is 0 Å². The highest BCUT2D eigenvalue weighted by atomic mass is 19.1. The fraction of sp³-hybridized carbons (Fsp3) is 0.333. The molecule has 1 aromatic carbocycles. The minimum absolute atomic E-state index is 0.191. The summed E-state index contributed by atoms with van der Waals surface area (Å²) in [5, 5.41) is 0.968. The number of hydrogen-bond acceptors (Lipinski definition) is 1. The monoisotopic (exact) mass is 206 g/mol. The van der Waals surface area contributed by atoms with Gasteiger partial charge in [0.15, 0.2) is 0 Å². The fourth-order valence-electron chi connectivity index (χ4n) is 1.78. The molecule has 0 aliphatic carbocycles. The summed E-state index contributed by atoms with van der Waals surface area (Å²) >= 11 is 0. The summed E-state index contributed by atoms with van der Waals surface area (Å²) in [6.45, 7) is 2.75. The molecule has 0 amide bonds. The van der Waals surface area contributed by atoms with E-state index in [4.69, 9.17) is 5.73 Å². The maximum Gasteiger partial charge on any atom is 0.123 e. The molecule has 0 radical (unpaired) electrons. The van der Waals surface area contributed by atoms with Crippen molar-refractivity contribution in [2.45, 2.75) is 13.3 Å². The van der Waals surface area contributed by atoms with Crippen LogP contribution >= 0.6 is 0 Å². The van der Waals surface area contributed by atoms with Crippen LogP contribution in [0.15, 0.2) is 24.4 Å². The fourth-order valence-corrected chi connectivity index (χ4v) is 1.78. The van der Waals surface area contributed by atoms with E-state index in [1.54, 1.807) is 12.1 Å². The lowest BCUT2D eigenvalue weighted by Crippen LogP contribution is -2.12. The van der Waals surface area contributed by atoms with Crippen LogP contribution in [-0.2, 0) is 6.42 Å². The van der Waals surface area contributed by atoms with Crippen LogP contribution in [0, 0.1) is 11.7 Å². The van der Waals surface area contributed by atoms with Crippen LogP contribution < -0.4 is 5.73 Å². The van der Waals surface area contributed by atoms with Gasteiger partial charge in [-0.25, -0.2) is 4.39 Å². The number of nitrogens with one attached hydrogen (secondary N) is 1. The average Bonchev–Trinajstić information content (AvgIpc) is 2.61. The summed E-state index contributed by atoms with van der Waals surface area (Å²) in [5.41, 5.74) is 7.70. The van der Waals surface area contributed by atoms with Crippen molar-refractivity contribution >= 4 is 10.9 Å². The van der Waals surface area contributed by atoms with E-state index in [9.17, 15) is 4.39 Å². The lowest BCUT2D eigenvalue weighted by Gasteiger charge is -2.06. The third-order valence-corrected chi connectivity index (χ3v) is 2.70. The number of benzene rings is 1. The van der Waals surface area contributed by atoms with Crippen molar-refractivity contribution in [1.82, 2.24) is 4.98 Å². The zero-order valence-corrected chi connectivity index (χ0v) is 8.76. The lowest BCUT2D eigenvalue weighted by molar-refractivity contribution is 0.594. The Morgan fingerprint density at radius 3 is 3.00 bits per heavy atom. The predicted molar refractivity (Wildman–Crippen MR) is 60.2 cm³/mol. The molecule has 1 heterocycles. The van der Waals surface area contributed by atoms with E-state index in [0.29, 0.717) is 12.5 Å². The van der Waals surface area contributed by atoms with Crippen molar-refractivity contribution in [1.29, 1.82) is 0 Å². The molecule has 0 fully saturated rings. The Morgan fingerprint density at radius 2 is 2.27 bits per heavy atom. The van der Waals surface area contributed by atoms with E-state index >= 15 is 0 Å². The first-order chi connectivity index (χ1) is 7.20. The van der Waals surface area contributed by atoms with Crippen molar-refractivity contribution in [3.05, 3.63) is 35.8 Å². The van der Waals surface area contributed by atoms with Crippen molar-refractivity contribution in [3.8, 4) is 0 Å². The summed E-state index contributed by atoms with van der Waals surface area (Å²) in [6, 6.07) is 4.81. The number of halogens is 1. The maximum atomic E-state index is 13.1. The van der Waals surface area contributed by atoms with Gasteiger partial charge in [-0.3, -0.25) is 0 Å². The molecule has 0 spiro atoms. The van der Waals surface area contributed by atoms with Gasteiger partial charge >= 0.3 is 0 Å². The molecule has 2 nitrogen and oxygen atoms in total. The molecule has 15 heavy (non-hydrogen) atoms. The number of aromatic nitrogens is 1. The highest BCUT2D eigenvalue weighted by Crippen LogP contribution is 2.21. The van der Waals surface area contributed by atoms with Crippen LogP contribution in [0.1, 0.15) is 12.5 Å². The standard InChI is InChI=1S/C12H15FN2/c1-8(6-14)4-9-7-15-12-3-2-10(13)5-11(9)12/h2-3,5,7-8,15H,4,6,14H2,1H3/t8-/m0/s1. The van der Waals surface area contributed by atoms with Gasteiger partial charge in [0.25, 0.3) is 0 Å². The zero-order valence-electron chi connectivity index (χ0n) is 8.76. The van der Waals surface area contributed by atoms with Gasteiger partial charge in [0.2, 0.25) is 0 Å². The molecule has 3 N–H and O–H groups in total. The molecule has 1 atom stereocenters. The molecular weight excluding hydrogens is 191 g/mol. The van der Waals surface area contributed by atoms with Crippen LogP contribution in [0.4, 0.5) is 4.39 Å². The summed E-state index contributed by atoms with van der Waals surface area (Å²) in [4.78, 5) is 3.14. The Morgan fingerprint density at radius 1 is 1.47 bits per heavy atom. The Bertz CT molecular complexity index is 462. The van der Waals surface area contributed by atoms with Gasteiger partial charge in [-0.2, -0.15) is 0 Å². The minimum Gasteiger partial charge on any atom is -0.361 e. The topological polar surface area (TPSA) is 41.8 Å². The van der Waals surface area contributed by atoms with E-state index in [0.717, 1.165) is 22.9 Å². The number of aromatic amines is 1. The van der Waals surface area contributed by atoms with Gasteiger partial charge in [0, 0.05) is 17.1 Å². The number of fused-ring (bicyclic) bond motifs is 1. The van der Waals surface area contributed by atoms with Crippen LogP contribution in [0.25, 0.3) is 10.9 Å². The quantitative estimate of drug-likeness (QED) is 0.795. The molecule has 2 aromatic rings. The van der Waals surface area contributed by atoms with E-state index in [1.807, 2.05) is 6.20 Å². The van der Waals surface area contributed by atoms with Crippen molar-refractivity contribution < 1.29 is 4.39 Å². The Balaban J connectivity index is 2.39. The Kier molecular flexibility index (Phi) is 2.73. The lowest BCUT2D eigenvalue weighted by atomic mass is 10.0.